The van der Waals surface area contributed by atoms with E-state index >= 15 is 0 Å². The second-order valence-electron chi connectivity index (χ2n) is 6.26. The molecule has 0 aromatic heterocycles. The fourth-order valence-corrected chi connectivity index (χ4v) is 4.07. The van der Waals surface area contributed by atoms with Crippen LogP contribution in [0.3, 0.4) is 0 Å². The van der Waals surface area contributed by atoms with Crippen molar-refractivity contribution in [2.45, 2.75) is 50.3 Å². The Balaban J connectivity index is 1.80. The van der Waals surface area contributed by atoms with Gasteiger partial charge in [0.05, 0.1) is 18.4 Å². The van der Waals surface area contributed by atoms with Gasteiger partial charge < -0.3 is 19.1 Å². The zero-order valence-corrected chi connectivity index (χ0v) is 14.0. The van der Waals surface area contributed by atoms with Crippen molar-refractivity contribution in [3.8, 4) is 0 Å². The average molecular weight is 331 g/mol. The van der Waals surface area contributed by atoms with E-state index in [-0.39, 0.29) is 23.8 Å². The predicted molar refractivity (Wildman–Crippen MR) is 78.9 cm³/mol. The lowest BCUT2D eigenvalue weighted by molar-refractivity contribution is -0.168. The number of thioether (sulfide) groups is 1. The van der Waals surface area contributed by atoms with E-state index in [1.54, 1.807) is 16.7 Å². The second kappa shape index (κ2) is 6.36. The largest absolute Gasteiger partial charge is 0.511 e. The smallest absolute Gasteiger partial charge is 0.434 e. The van der Waals surface area contributed by atoms with Gasteiger partial charge in [0, 0.05) is 4.75 Å². The van der Waals surface area contributed by atoms with Gasteiger partial charge in [-0.3, -0.25) is 4.79 Å². The number of ether oxygens (including phenoxy) is 3. The number of nitrogens with zero attached hydrogens (tertiary/aromatic N) is 1. The molecular formula is C14H21NO6S. The Morgan fingerprint density at radius 3 is 2.59 bits per heavy atom. The summed E-state index contributed by atoms with van der Waals surface area (Å²) in [5.41, 5.74) is 0. The molecule has 2 aliphatic rings. The summed E-state index contributed by atoms with van der Waals surface area (Å²) in [6.45, 7) is 7.31. The lowest BCUT2D eigenvalue weighted by atomic mass is 9.98. The maximum absolute atomic E-state index is 12.2. The van der Waals surface area contributed by atoms with E-state index in [1.165, 1.54) is 0 Å². The number of β-lactam (4-membered cyclic amide) rings is 1. The van der Waals surface area contributed by atoms with Gasteiger partial charge in [-0.05, 0) is 19.8 Å². The summed E-state index contributed by atoms with van der Waals surface area (Å²) in [4.78, 5) is 36.6. The molecule has 0 aromatic carbocycles. The molecule has 2 saturated heterocycles. The van der Waals surface area contributed by atoms with E-state index in [0.29, 0.717) is 6.42 Å². The Labute approximate surface area is 133 Å². The van der Waals surface area contributed by atoms with Gasteiger partial charge in [0.1, 0.15) is 6.04 Å². The molecule has 0 aliphatic carbocycles. The van der Waals surface area contributed by atoms with E-state index in [4.69, 9.17) is 9.47 Å². The quantitative estimate of drug-likeness (QED) is 0.431. The zero-order chi connectivity index (χ0) is 16.5. The third-order valence-electron chi connectivity index (χ3n) is 3.46. The maximum Gasteiger partial charge on any atom is 0.511 e. The highest BCUT2D eigenvalue weighted by atomic mass is 32.2. The fraction of sp³-hybridized carbons (Fsp3) is 0.786. The molecule has 0 N–H and O–H groups in total. The maximum atomic E-state index is 12.2. The standard InChI is InChI=1S/C14H21NO6S/c1-8(2)6-19-13(18)21-7-20-12(17)11-14(3,4)22-10-5-9(16)15(10)11/h8,10-11H,5-7H2,1-4H3/t10-,11+/m1/s1. The molecule has 0 unspecified atom stereocenters. The van der Waals surface area contributed by atoms with Crippen molar-refractivity contribution in [1.29, 1.82) is 0 Å². The normalized spacial score (nSPS) is 25.5. The van der Waals surface area contributed by atoms with Crippen molar-refractivity contribution in [2.75, 3.05) is 13.4 Å². The molecule has 1 amide bonds. The summed E-state index contributed by atoms with van der Waals surface area (Å²) in [5, 5.41) is 0.0389. The van der Waals surface area contributed by atoms with Crippen molar-refractivity contribution >= 4 is 29.8 Å². The first-order chi connectivity index (χ1) is 10.2. The van der Waals surface area contributed by atoms with E-state index in [2.05, 4.69) is 4.74 Å². The van der Waals surface area contributed by atoms with Gasteiger partial charge in [0.25, 0.3) is 0 Å². The molecule has 2 aliphatic heterocycles. The summed E-state index contributed by atoms with van der Waals surface area (Å²) >= 11 is 1.58. The van der Waals surface area contributed by atoms with E-state index in [1.807, 2.05) is 27.7 Å². The molecule has 0 aromatic rings. The number of hydrogen-bond acceptors (Lipinski definition) is 7. The minimum absolute atomic E-state index is 0.0389. The third-order valence-corrected chi connectivity index (χ3v) is 4.96. The third kappa shape index (κ3) is 3.48. The monoisotopic (exact) mass is 331 g/mol. The average Bonchev–Trinajstić information content (AvgIpc) is 2.62. The number of carbonyl (C=O) groups excluding carboxylic acids is 3. The van der Waals surface area contributed by atoms with E-state index < -0.39 is 29.7 Å². The highest BCUT2D eigenvalue weighted by Gasteiger charge is 2.59. The van der Waals surface area contributed by atoms with Gasteiger partial charge in [-0.15, -0.1) is 11.8 Å². The second-order valence-corrected chi connectivity index (χ2v) is 8.10. The minimum atomic E-state index is -0.875. The van der Waals surface area contributed by atoms with Crippen LogP contribution in [0, 0.1) is 5.92 Å². The van der Waals surface area contributed by atoms with Crippen LogP contribution in [-0.4, -0.2) is 52.5 Å². The highest BCUT2D eigenvalue weighted by molar-refractivity contribution is 8.01. The summed E-state index contributed by atoms with van der Waals surface area (Å²) < 4.78 is 14.0. The van der Waals surface area contributed by atoms with Crippen molar-refractivity contribution < 1.29 is 28.6 Å². The van der Waals surface area contributed by atoms with Gasteiger partial charge >= 0.3 is 12.1 Å². The Bertz CT molecular complexity index is 478. The molecule has 8 heteroatoms. The molecule has 2 atom stereocenters. The number of rotatable bonds is 5. The lowest BCUT2D eigenvalue weighted by Gasteiger charge is -2.37. The molecular weight excluding hydrogens is 310 g/mol. The van der Waals surface area contributed by atoms with Gasteiger partial charge in [-0.1, -0.05) is 13.8 Å². The molecule has 7 nitrogen and oxygen atoms in total. The van der Waals surface area contributed by atoms with Crippen LogP contribution in [0.5, 0.6) is 0 Å². The SMILES string of the molecule is CC(C)COC(=O)OCOC(=O)[C@@H]1N2C(=O)C[C@H]2SC1(C)C. The Kier molecular flexibility index (Phi) is 4.89. The molecule has 0 bridgehead atoms. The van der Waals surface area contributed by atoms with Crippen molar-refractivity contribution in [3.05, 3.63) is 0 Å². The van der Waals surface area contributed by atoms with Gasteiger partial charge in [0.2, 0.25) is 12.7 Å². The molecule has 124 valence electrons. The number of fused-ring (bicyclic) bond motifs is 1. The number of hydrogen-bond donors (Lipinski definition) is 0. The van der Waals surface area contributed by atoms with Crippen LogP contribution in [0.15, 0.2) is 0 Å². The minimum Gasteiger partial charge on any atom is -0.434 e. The summed E-state index contributed by atoms with van der Waals surface area (Å²) in [6.07, 6.45) is -0.421. The molecule has 0 spiro atoms. The van der Waals surface area contributed by atoms with Crippen LogP contribution < -0.4 is 0 Å². The molecule has 2 rings (SSSR count). The van der Waals surface area contributed by atoms with Crippen LogP contribution in [0.4, 0.5) is 4.79 Å². The first-order valence-electron chi connectivity index (χ1n) is 7.17. The van der Waals surface area contributed by atoms with Gasteiger partial charge in [-0.2, -0.15) is 0 Å². The summed E-state index contributed by atoms with van der Waals surface area (Å²) in [7, 11) is 0. The van der Waals surface area contributed by atoms with Crippen LogP contribution in [-0.2, 0) is 23.8 Å². The highest BCUT2D eigenvalue weighted by Crippen LogP contribution is 2.50. The Morgan fingerprint density at radius 1 is 1.32 bits per heavy atom. The Hall–Kier alpha value is -1.44. The molecule has 2 fully saturated rings. The zero-order valence-electron chi connectivity index (χ0n) is 13.2. The topological polar surface area (TPSA) is 82.1 Å². The van der Waals surface area contributed by atoms with Crippen molar-refractivity contribution in [1.82, 2.24) is 4.90 Å². The number of esters is 1. The summed E-state index contributed by atoms with van der Waals surface area (Å²) in [5.74, 6) is -0.423. The van der Waals surface area contributed by atoms with E-state index in [0.717, 1.165) is 0 Å². The summed E-state index contributed by atoms with van der Waals surface area (Å²) in [6, 6.07) is -0.654. The number of amides is 1. The van der Waals surface area contributed by atoms with Gasteiger partial charge in [0.15, 0.2) is 0 Å². The van der Waals surface area contributed by atoms with Crippen molar-refractivity contribution in [3.63, 3.8) is 0 Å². The first kappa shape index (κ1) is 16.9. The lowest BCUT2D eigenvalue weighted by Crippen LogP contribution is -2.57. The molecule has 2 heterocycles. The van der Waals surface area contributed by atoms with Crippen molar-refractivity contribution in [2.24, 2.45) is 5.92 Å². The first-order valence-corrected chi connectivity index (χ1v) is 8.05. The van der Waals surface area contributed by atoms with Crippen LogP contribution in [0.25, 0.3) is 0 Å². The molecule has 22 heavy (non-hydrogen) atoms. The number of carbonyl (C=O) groups is 3. The molecule has 0 saturated carbocycles. The van der Waals surface area contributed by atoms with Gasteiger partial charge in [-0.25, -0.2) is 9.59 Å². The Morgan fingerprint density at radius 2 is 2.00 bits per heavy atom. The van der Waals surface area contributed by atoms with Crippen LogP contribution >= 0.6 is 11.8 Å². The van der Waals surface area contributed by atoms with E-state index in [9.17, 15) is 14.4 Å². The predicted octanol–water partition coefficient (Wildman–Crippen LogP) is 1.75. The van der Waals surface area contributed by atoms with Crippen LogP contribution in [0.2, 0.25) is 0 Å². The van der Waals surface area contributed by atoms with Crippen LogP contribution in [0.1, 0.15) is 34.1 Å². The fourth-order valence-electron chi connectivity index (χ4n) is 2.45. The molecule has 0 radical (unpaired) electrons.